The van der Waals surface area contributed by atoms with E-state index < -0.39 is 0 Å². The van der Waals surface area contributed by atoms with Crippen LogP contribution in [0, 0.1) is 0 Å². The maximum absolute atomic E-state index is 2.49. The van der Waals surface area contributed by atoms with Gasteiger partial charge in [0.1, 0.15) is 0 Å². The summed E-state index contributed by atoms with van der Waals surface area (Å²) in [5.41, 5.74) is 17.3. The molecule has 0 saturated heterocycles. The Bertz CT molecular complexity index is 3240. The number of hydrogen-bond donors (Lipinski definition) is 0. The van der Waals surface area contributed by atoms with Gasteiger partial charge in [0.2, 0.25) is 0 Å². The van der Waals surface area contributed by atoms with Gasteiger partial charge < -0.3 is 9.13 Å². The first-order chi connectivity index (χ1) is 26.8. The van der Waals surface area contributed by atoms with Gasteiger partial charge in [0.15, 0.2) is 0 Å². The van der Waals surface area contributed by atoms with Crippen LogP contribution in [0.1, 0.15) is 0 Å². The Balaban J connectivity index is 1.04. The minimum atomic E-state index is 1.16. The maximum Gasteiger partial charge on any atom is 0.0554 e. The molecular weight excluding hydrogens is 653 g/mol. The van der Waals surface area contributed by atoms with Crippen LogP contribution < -0.4 is 0 Å². The second kappa shape index (κ2) is 11.2. The Morgan fingerprint density at radius 2 is 0.704 bits per heavy atom. The molecule has 0 atom stereocenters. The summed E-state index contributed by atoms with van der Waals surface area (Å²) < 4.78 is 4.86. The lowest BCUT2D eigenvalue weighted by atomic mass is 9.90. The van der Waals surface area contributed by atoms with Crippen molar-refractivity contribution in [2.75, 3.05) is 0 Å². The lowest BCUT2D eigenvalue weighted by Crippen LogP contribution is -1.96. The minimum absolute atomic E-state index is 1.16. The van der Waals surface area contributed by atoms with E-state index in [9.17, 15) is 0 Å². The molecule has 2 aromatic heterocycles. The molecule has 0 bridgehead atoms. The highest BCUT2D eigenvalue weighted by Crippen LogP contribution is 2.51. The van der Waals surface area contributed by atoms with Crippen LogP contribution in [0.2, 0.25) is 0 Å². The van der Waals surface area contributed by atoms with Crippen LogP contribution in [0.5, 0.6) is 0 Å². The molecule has 2 nitrogen and oxygen atoms in total. The van der Waals surface area contributed by atoms with Crippen LogP contribution in [0.3, 0.4) is 0 Å². The van der Waals surface area contributed by atoms with E-state index in [1.165, 1.54) is 98.9 Å². The van der Waals surface area contributed by atoms with Gasteiger partial charge >= 0.3 is 0 Å². The zero-order valence-electron chi connectivity index (χ0n) is 29.4. The second-order valence-corrected chi connectivity index (χ2v) is 14.5. The Morgan fingerprint density at radius 3 is 1.33 bits per heavy atom. The molecule has 250 valence electrons. The molecule has 54 heavy (non-hydrogen) atoms. The molecule has 11 aromatic rings. The molecule has 2 heteroatoms. The topological polar surface area (TPSA) is 9.86 Å². The smallest absolute Gasteiger partial charge is 0.0554 e. The fraction of sp³-hybridized carbons (Fsp3) is 0. The van der Waals surface area contributed by atoms with Gasteiger partial charge in [-0.1, -0.05) is 146 Å². The van der Waals surface area contributed by atoms with Crippen molar-refractivity contribution >= 4 is 54.4 Å². The predicted octanol–water partition coefficient (Wildman–Crippen LogP) is 14.0. The summed E-state index contributed by atoms with van der Waals surface area (Å²) in [6, 6.07) is 71.4. The number of fused-ring (bicyclic) bond motifs is 6. The fourth-order valence-corrected chi connectivity index (χ4v) is 9.35. The summed E-state index contributed by atoms with van der Waals surface area (Å²) in [7, 11) is 0. The molecule has 0 amide bonds. The van der Waals surface area contributed by atoms with E-state index in [4.69, 9.17) is 0 Å². The number of aromatic nitrogens is 2. The molecule has 1 aliphatic carbocycles. The SMILES string of the molecule is c1ccc(-c2cc3c4c5c(cccc25)-c2ccccc2-c2cccc(c24)n3-c2ccc(-c3ccc(-n4c5ccccc5c5ccccc54)cc3)cc2)cc1. The van der Waals surface area contributed by atoms with Gasteiger partial charge in [0.05, 0.1) is 22.1 Å². The normalized spacial score (nSPS) is 12.1. The van der Waals surface area contributed by atoms with Gasteiger partial charge in [-0.2, -0.15) is 0 Å². The van der Waals surface area contributed by atoms with E-state index in [1.807, 2.05) is 0 Å². The van der Waals surface area contributed by atoms with Crippen LogP contribution in [0.25, 0.3) is 110 Å². The van der Waals surface area contributed by atoms with Gasteiger partial charge in [-0.15, -0.1) is 0 Å². The molecule has 2 heterocycles. The van der Waals surface area contributed by atoms with Crippen molar-refractivity contribution in [1.82, 2.24) is 9.13 Å². The van der Waals surface area contributed by atoms with Crippen molar-refractivity contribution in [2.24, 2.45) is 0 Å². The number of nitrogens with zero attached hydrogens (tertiary/aromatic N) is 2. The highest BCUT2D eigenvalue weighted by atomic mass is 15.0. The van der Waals surface area contributed by atoms with Crippen LogP contribution in [-0.4, -0.2) is 9.13 Å². The zero-order chi connectivity index (χ0) is 35.3. The summed E-state index contributed by atoms with van der Waals surface area (Å²) in [5.74, 6) is 0. The number of para-hydroxylation sites is 2. The largest absolute Gasteiger partial charge is 0.309 e. The Morgan fingerprint density at radius 1 is 0.241 bits per heavy atom. The molecule has 9 aromatic carbocycles. The highest BCUT2D eigenvalue weighted by Gasteiger charge is 2.26. The van der Waals surface area contributed by atoms with Crippen molar-refractivity contribution in [2.45, 2.75) is 0 Å². The predicted molar refractivity (Wildman–Crippen MR) is 228 cm³/mol. The number of hydrogen-bond acceptors (Lipinski definition) is 0. The number of rotatable bonds is 4. The molecule has 0 saturated carbocycles. The van der Waals surface area contributed by atoms with E-state index in [2.05, 4.69) is 203 Å². The molecule has 0 aliphatic heterocycles. The first-order valence-electron chi connectivity index (χ1n) is 18.7. The lowest BCUT2D eigenvalue weighted by Gasteiger charge is -2.16. The van der Waals surface area contributed by atoms with Crippen LogP contribution in [0.4, 0.5) is 0 Å². The summed E-state index contributed by atoms with van der Waals surface area (Å²) >= 11 is 0. The van der Waals surface area contributed by atoms with E-state index in [0.29, 0.717) is 0 Å². The molecule has 0 unspecified atom stereocenters. The Kier molecular flexibility index (Phi) is 6.09. The molecule has 0 radical (unpaired) electrons. The van der Waals surface area contributed by atoms with E-state index in [-0.39, 0.29) is 0 Å². The van der Waals surface area contributed by atoms with Gasteiger partial charge in [-0.3, -0.25) is 0 Å². The summed E-state index contributed by atoms with van der Waals surface area (Å²) in [6.45, 7) is 0. The van der Waals surface area contributed by atoms with Crippen LogP contribution in [0.15, 0.2) is 194 Å². The molecule has 12 rings (SSSR count). The average Bonchev–Trinajstić information content (AvgIpc) is 3.72. The van der Waals surface area contributed by atoms with E-state index in [1.54, 1.807) is 0 Å². The molecule has 0 N–H and O–H groups in total. The summed E-state index contributed by atoms with van der Waals surface area (Å²) in [6.07, 6.45) is 0. The first-order valence-corrected chi connectivity index (χ1v) is 18.7. The molecular formula is C52H32N2. The van der Waals surface area contributed by atoms with Crippen molar-refractivity contribution in [1.29, 1.82) is 0 Å². The Hall–Kier alpha value is -7.16. The third-order valence-electron chi connectivity index (χ3n) is 11.7. The fourth-order valence-electron chi connectivity index (χ4n) is 9.35. The number of benzene rings is 9. The van der Waals surface area contributed by atoms with Crippen molar-refractivity contribution < 1.29 is 0 Å². The second-order valence-electron chi connectivity index (χ2n) is 14.5. The van der Waals surface area contributed by atoms with Crippen LogP contribution in [-0.2, 0) is 0 Å². The zero-order valence-corrected chi connectivity index (χ0v) is 29.4. The lowest BCUT2D eigenvalue weighted by molar-refractivity contribution is 1.18. The van der Waals surface area contributed by atoms with Gasteiger partial charge in [-0.05, 0) is 98.4 Å². The standard InChI is InChI=1S/C52H32N2/c1-2-12-35(13-3-1)45-32-49-52-50-42(18-10-19-44(45)50)38-14-4-5-15-39(38)43-20-11-23-48(51(43)52)54(49)37-30-26-34(27-31-37)33-24-28-36(29-25-33)53-46-21-8-6-16-40(46)41-17-7-9-22-47(41)53/h1-32H. The highest BCUT2D eigenvalue weighted by molar-refractivity contribution is 6.32. The van der Waals surface area contributed by atoms with E-state index in [0.717, 1.165) is 11.4 Å². The average molecular weight is 685 g/mol. The van der Waals surface area contributed by atoms with Crippen molar-refractivity contribution in [3.8, 4) is 55.9 Å². The van der Waals surface area contributed by atoms with Gasteiger partial charge in [0, 0.05) is 38.3 Å². The van der Waals surface area contributed by atoms with Crippen molar-refractivity contribution in [3.05, 3.63) is 194 Å². The third-order valence-corrected chi connectivity index (χ3v) is 11.7. The minimum Gasteiger partial charge on any atom is -0.309 e. The molecule has 1 aliphatic rings. The first kappa shape index (κ1) is 29.4. The van der Waals surface area contributed by atoms with Gasteiger partial charge in [-0.25, -0.2) is 0 Å². The third kappa shape index (κ3) is 4.05. The summed E-state index contributed by atoms with van der Waals surface area (Å²) in [5, 5.41) is 7.82. The maximum atomic E-state index is 2.49. The molecule has 0 spiro atoms. The monoisotopic (exact) mass is 684 g/mol. The Labute approximate surface area is 312 Å². The quantitative estimate of drug-likeness (QED) is 0.175. The summed E-state index contributed by atoms with van der Waals surface area (Å²) in [4.78, 5) is 0. The van der Waals surface area contributed by atoms with Crippen molar-refractivity contribution in [3.63, 3.8) is 0 Å². The van der Waals surface area contributed by atoms with Gasteiger partial charge in [0.25, 0.3) is 0 Å². The van der Waals surface area contributed by atoms with E-state index >= 15 is 0 Å². The van der Waals surface area contributed by atoms with Crippen LogP contribution >= 0.6 is 0 Å². The molecule has 0 fully saturated rings.